The van der Waals surface area contributed by atoms with Gasteiger partial charge in [0.2, 0.25) is 5.91 Å². The van der Waals surface area contributed by atoms with Gasteiger partial charge in [0.1, 0.15) is 11.8 Å². The van der Waals surface area contributed by atoms with Crippen LogP contribution in [0.3, 0.4) is 0 Å². The van der Waals surface area contributed by atoms with Gasteiger partial charge in [-0.2, -0.15) is 0 Å². The van der Waals surface area contributed by atoms with Crippen LogP contribution in [0.5, 0.6) is 5.75 Å². The number of amides is 2. The average Bonchev–Trinajstić information content (AvgIpc) is 2.90. The molecule has 0 radical (unpaired) electrons. The van der Waals surface area contributed by atoms with Gasteiger partial charge in [0.05, 0.1) is 13.2 Å². The van der Waals surface area contributed by atoms with Gasteiger partial charge in [-0.15, -0.1) is 0 Å². The van der Waals surface area contributed by atoms with Crippen LogP contribution in [-0.2, 0) is 11.3 Å². The molecule has 2 aromatic rings. The maximum absolute atomic E-state index is 13.4. The molecule has 1 fully saturated rings. The Morgan fingerprint density at radius 1 is 1.03 bits per heavy atom. The van der Waals surface area contributed by atoms with Crippen LogP contribution in [-0.4, -0.2) is 29.4 Å². The van der Waals surface area contributed by atoms with Gasteiger partial charge in [-0.05, 0) is 37.5 Å². The van der Waals surface area contributed by atoms with Gasteiger partial charge in [-0.3, -0.25) is 9.59 Å². The first kappa shape index (κ1) is 20.5. The lowest BCUT2D eigenvalue weighted by Crippen LogP contribution is -2.43. The molecule has 1 saturated carbocycles. The molecular formula is C25H30N2O3. The first-order valence-corrected chi connectivity index (χ1v) is 11.1. The molecule has 0 spiro atoms. The number of fused-ring (bicyclic) bond motifs is 1. The third kappa shape index (κ3) is 4.20. The molecule has 0 bridgehead atoms. The van der Waals surface area contributed by atoms with Crippen molar-refractivity contribution in [2.45, 2.75) is 64.1 Å². The summed E-state index contributed by atoms with van der Waals surface area (Å²) in [5.74, 6) is 0.582. The molecule has 0 saturated heterocycles. The Kier molecular flexibility index (Phi) is 6.36. The van der Waals surface area contributed by atoms with Gasteiger partial charge in [0, 0.05) is 17.2 Å². The summed E-state index contributed by atoms with van der Waals surface area (Å²) in [6.45, 7) is 2.83. The number of hydrogen-bond donors (Lipinski definition) is 1. The molecule has 4 rings (SSSR count). The molecule has 30 heavy (non-hydrogen) atoms. The van der Waals surface area contributed by atoms with E-state index in [9.17, 15) is 9.59 Å². The van der Waals surface area contributed by atoms with Crippen molar-refractivity contribution in [2.24, 2.45) is 0 Å². The van der Waals surface area contributed by atoms with Gasteiger partial charge in [-0.1, -0.05) is 62.1 Å². The normalized spacial score (nSPS) is 19.3. The summed E-state index contributed by atoms with van der Waals surface area (Å²) in [4.78, 5) is 28.3. The maximum Gasteiger partial charge on any atom is 0.255 e. The highest BCUT2D eigenvalue weighted by atomic mass is 16.5. The lowest BCUT2D eigenvalue weighted by molar-refractivity contribution is -0.126. The number of nitrogens with zero attached hydrogens (tertiary/aromatic N) is 1. The molecular weight excluding hydrogens is 376 g/mol. The Balaban J connectivity index is 1.61. The molecule has 5 heteroatoms. The van der Waals surface area contributed by atoms with Crippen LogP contribution in [0.2, 0.25) is 0 Å². The fourth-order valence-corrected chi connectivity index (χ4v) is 4.63. The molecule has 1 aliphatic heterocycles. The molecule has 0 unspecified atom stereocenters. The van der Waals surface area contributed by atoms with E-state index < -0.39 is 6.04 Å². The molecule has 0 aromatic heterocycles. The topological polar surface area (TPSA) is 58.6 Å². The minimum absolute atomic E-state index is 0.0749. The number of carbonyl (C=O) groups excluding carboxylic acids is 2. The number of benzene rings is 2. The number of carbonyl (C=O) groups is 2. The fourth-order valence-electron chi connectivity index (χ4n) is 4.63. The summed E-state index contributed by atoms with van der Waals surface area (Å²) in [6.07, 6.45) is 6.80. The molecule has 1 aliphatic carbocycles. The number of nitrogens with one attached hydrogen (secondary N) is 1. The van der Waals surface area contributed by atoms with Gasteiger partial charge < -0.3 is 15.0 Å². The van der Waals surface area contributed by atoms with Crippen molar-refractivity contribution in [2.75, 3.05) is 6.61 Å². The van der Waals surface area contributed by atoms with E-state index in [1.54, 1.807) is 4.90 Å². The zero-order chi connectivity index (χ0) is 20.9. The van der Waals surface area contributed by atoms with Crippen molar-refractivity contribution in [1.29, 1.82) is 0 Å². The van der Waals surface area contributed by atoms with Crippen LogP contribution < -0.4 is 10.1 Å². The first-order valence-electron chi connectivity index (χ1n) is 11.1. The molecule has 5 nitrogen and oxygen atoms in total. The summed E-state index contributed by atoms with van der Waals surface area (Å²) in [5.41, 5.74) is 2.32. The monoisotopic (exact) mass is 406 g/mol. The van der Waals surface area contributed by atoms with Gasteiger partial charge >= 0.3 is 0 Å². The average molecular weight is 407 g/mol. The molecule has 2 aromatic carbocycles. The second-order valence-corrected chi connectivity index (χ2v) is 8.16. The van der Waals surface area contributed by atoms with Crippen LogP contribution in [0, 0.1) is 0 Å². The zero-order valence-corrected chi connectivity index (χ0v) is 17.6. The smallest absolute Gasteiger partial charge is 0.255 e. The van der Waals surface area contributed by atoms with E-state index in [0.717, 1.165) is 42.6 Å². The van der Waals surface area contributed by atoms with Crippen LogP contribution in [0.25, 0.3) is 0 Å². The predicted molar refractivity (Wildman–Crippen MR) is 116 cm³/mol. The highest BCUT2D eigenvalue weighted by Crippen LogP contribution is 2.36. The number of para-hydroxylation sites is 1. The standard InChI is InChI=1S/C25H30N2O3/c1-2-30-22-16-10-7-11-18(22)17-27-23(20-14-8-9-15-21(20)25(27)29)24(28)26-19-12-5-3-4-6-13-19/h7-11,14-16,19,23H,2-6,12-13,17H2,1H3,(H,26,28)/t23-/m0/s1. The Morgan fingerprint density at radius 3 is 2.50 bits per heavy atom. The summed E-state index contributed by atoms with van der Waals surface area (Å²) in [6, 6.07) is 14.8. The van der Waals surface area contributed by atoms with Crippen LogP contribution in [0.1, 0.15) is 73.0 Å². The van der Waals surface area contributed by atoms with Crippen molar-refractivity contribution >= 4 is 11.8 Å². The second-order valence-electron chi connectivity index (χ2n) is 8.16. The van der Waals surface area contributed by atoms with Crippen molar-refractivity contribution < 1.29 is 14.3 Å². The molecule has 1 N–H and O–H groups in total. The number of rotatable bonds is 6. The van der Waals surface area contributed by atoms with Crippen LogP contribution >= 0.6 is 0 Å². The molecule has 1 atom stereocenters. The molecule has 2 amide bonds. The van der Waals surface area contributed by atoms with Crippen LogP contribution in [0.4, 0.5) is 0 Å². The highest BCUT2D eigenvalue weighted by Gasteiger charge is 2.41. The van der Waals surface area contributed by atoms with E-state index in [1.807, 2.05) is 55.5 Å². The van der Waals surface area contributed by atoms with Gasteiger partial charge in [0.25, 0.3) is 5.91 Å². The fraction of sp³-hybridized carbons (Fsp3) is 0.440. The third-order valence-corrected chi connectivity index (χ3v) is 6.12. The number of hydrogen-bond acceptors (Lipinski definition) is 3. The van der Waals surface area contributed by atoms with E-state index in [4.69, 9.17) is 4.74 Å². The Bertz CT molecular complexity index is 903. The highest BCUT2D eigenvalue weighted by molar-refractivity contribution is 6.04. The largest absolute Gasteiger partial charge is 0.494 e. The number of ether oxygens (including phenoxy) is 1. The van der Waals surface area contributed by atoms with E-state index in [-0.39, 0.29) is 17.9 Å². The van der Waals surface area contributed by atoms with Crippen molar-refractivity contribution in [3.8, 4) is 5.75 Å². The summed E-state index contributed by atoms with van der Waals surface area (Å²) in [5, 5.41) is 3.25. The minimum atomic E-state index is -0.605. The quantitative estimate of drug-likeness (QED) is 0.712. The zero-order valence-electron chi connectivity index (χ0n) is 17.6. The predicted octanol–water partition coefficient (Wildman–Crippen LogP) is 4.62. The lowest BCUT2D eigenvalue weighted by atomic mass is 10.0. The van der Waals surface area contributed by atoms with Gasteiger partial charge in [-0.25, -0.2) is 0 Å². The Morgan fingerprint density at radius 2 is 1.73 bits per heavy atom. The minimum Gasteiger partial charge on any atom is -0.494 e. The Hall–Kier alpha value is -2.82. The summed E-state index contributed by atoms with van der Waals surface area (Å²) in [7, 11) is 0. The van der Waals surface area contributed by atoms with Crippen molar-refractivity contribution in [3.63, 3.8) is 0 Å². The van der Waals surface area contributed by atoms with E-state index >= 15 is 0 Å². The van der Waals surface area contributed by atoms with Crippen LogP contribution in [0.15, 0.2) is 48.5 Å². The summed E-state index contributed by atoms with van der Waals surface area (Å²) < 4.78 is 5.75. The Labute approximate surface area is 178 Å². The van der Waals surface area contributed by atoms with Crippen molar-refractivity contribution in [3.05, 3.63) is 65.2 Å². The third-order valence-electron chi connectivity index (χ3n) is 6.12. The second kappa shape index (κ2) is 9.33. The SMILES string of the molecule is CCOc1ccccc1CN1C(=O)c2ccccc2[C@H]1C(=O)NC1CCCCCC1. The summed E-state index contributed by atoms with van der Waals surface area (Å²) >= 11 is 0. The molecule has 2 aliphatic rings. The van der Waals surface area contributed by atoms with E-state index in [0.29, 0.717) is 18.7 Å². The van der Waals surface area contributed by atoms with E-state index in [2.05, 4.69) is 5.32 Å². The molecule has 1 heterocycles. The van der Waals surface area contributed by atoms with Gasteiger partial charge in [0.15, 0.2) is 0 Å². The lowest BCUT2D eigenvalue weighted by Gasteiger charge is -2.27. The van der Waals surface area contributed by atoms with Crippen molar-refractivity contribution in [1.82, 2.24) is 10.2 Å². The molecule has 158 valence electrons. The maximum atomic E-state index is 13.4. The van der Waals surface area contributed by atoms with E-state index in [1.165, 1.54) is 12.8 Å². The first-order chi connectivity index (χ1) is 14.7.